The second-order valence-corrected chi connectivity index (χ2v) is 5.50. The third-order valence-electron chi connectivity index (χ3n) is 3.30. The Morgan fingerprint density at radius 3 is 2.32 bits per heavy atom. The van der Waals surface area contributed by atoms with Crippen molar-refractivity contribution in [1.82, 2.24) is 4.90 Å². The summed E-state index contributed by atoms with van der Waals surface area (Å²) in [4.78, 5) is 25.3. The maximum absolute atomic E-state index is 12.0. The van der Waals surface area contributed by atoms with E-state index < -0.39 is 0 Å². The summed E-state index contributed by atoms with van der Waals surface area (Å²) >= 11 is 3.38. The Morgan fingerprint density at radius 2 is 1.79 bits per heavy atom. The van der Waals surface area contributed by atoms with E-state index in [2.05, 4.69) is 15.9 Å². The van der Waals surface area contributed by atoms with E-state index in [1.165, 1.54) is 4.90 Å². The molecule has 0 N–H and O–H groups in total. The van der Waals surface area contributed by atoms with Crippen molar-refractivity contribution in [1.29, 1.82) is 0 Å². The number of hydrogen-bond acceptors (Lipinski definition) is 3. The number of nitrogens with zero attached hydrogens (tertiary/aromatic N) is 1. The molecule has 2 rings (SSSR count). The molecule has 1 fully saturated rings. The van der Waals surface area contributed by atoms with Crippen molar-refractivity contribution in [2.45, 2.75) is 18.8 Å². The second-order valence-electron chi connectivity index (χ2n) is 4.59. The van der Waals surface area contributed by atoms with Crippen molar-refractivity contribution in [3.8, 4) is 0 Å². The highest BCUT2D eigenvalue weighted by Gasteiger charge is 2.32. The molecule has 0 saturated carbocycles. The molecule has 1 aliphatic heterocycles. The van der Waals surface area contributed by atoms with E-state index in [1.54, 1.807) is 7.11 Å². The molecule has 0 radical (unpaired) electrons. The van der Waals surface area contributed by atoms with E-state index in [9.17, 15) is 9.59 Å². The van der Waals surface area contributed by atoms with Crippen molar-refractivity contribution in [3.05, 3.63) is 34.3 Å². The van der Waals surface area contributed by atoms with Gasteiger partial charge in [0.15, 0.2) is 0 Å². The van der Waals surface area contributed by atoms with Gasteiger partial charge in [0.05, 0.1) is 13.2 Å². The fourth-order valence-electron chi connectivity index (χ4n) is 2.26. The van der Waals surface area contributed by atoms with E-state index in [1.807, 2.05) is 24.3 Å². The van der Waals surface area contributed by atoms with Crippen molar-refractivity contribution >= 4 is 27.7 Å². The van der Waals surface area contributed by atoms with Gasteiger partial charge in [-0.1, -0.05) is 28.1 Å². The normalized spacial score (nSPS) is 17.1. The molecule has 1 saturated heterocycles. The molecule has 0 aliphatic carbocycles. The molecular formula is C14H16BrNO3. The number of piperidine rings is 1. The fourth-order valence-corrected chi connectivity index (χ4v) is 2.52. The number of ether oxygens (including phenoxy) is 1. The number of imide groups is 1. The number of carbonyl (C=O) groups excluding carboxylic acids is 2. The Bertz CT molecular complexity index is 454. The Labute approximate surface area is 120 Å². The maximum atomic E-state index is 12.0. The summed E-state index contributed by atoms with van der Waals surface area (Å²) in [5, 5.41) is 0. The first-order valence-corrected chi connectivity index (χ1v) is 6.98. The smallest absolute Gasteiger partial charge is 0.229 e. The van der Waals surface area contributed by atoms with Gasteiger partial charge in [-0.25, -0.2) is 0 Å². The van der Waals surface area contributed by atoms with Crippen LogP contribution >= 0.6 is 15.9 Å². The standard InChI is InChI=1S/C14H16BrNO3/c1-19-7-6-16-13(17)8-11(9-14(16)18)10-2-4-12(15)5-3-10/h2-5,11H,6-9H2,1H3. The lowest BCUT2D eigenvalue weighted by molar-refractivity contribution is -0.149. The van der Waals surface area contributed by atoms with E-state index in [0.29, 0.717) is 26.0 Å². The number of hydrogen-bond donors (Lipinski definition) is 0. The Morgan fingerprint density at radius 1 is 1.21 bits per heavy atom. The van der Waals surface area contributed by atoms with Crippen LogP contribution < -0.4 is 0 Å². The maximum Gasteiger partial charge on any atom is 0.229 e. The van der Waals surface area contributed by atoms with Crippen LogP contribution in [-0.4, -0.2) is 37.0 Å². The van der Waals surface area contributed by atoms with Crippen LogP contribution in [0.4, 0.5) is 0 Å². The minimum Gasteiger partial charge on any atom is -0.383 e. The molecule has 1 aromatic rings. The zero-order chi connectivity index (χ0) is 13.8. The average Bonchev–Trinajstić information content (AvgIpc) is 2.38. The molecule has 0 aromatic heterocycles. The topological polar surface area (TPSA) is 46.6 Å². The molecule has 4 nitrogen and oxygen atoms in total. The van der Waals surface area contributed by atoms with Gasteiger partial charge in [-0.3, -0.25) is 14.5 Å². The third-order valence-corrected chi connectivity index (χ3v) is 3.83. The van der Waals surface area contributed by atoms with Crippen LogP contribution in [0.2, 0.25) is 0 Å². The third kappa shape index (κ3) is 3.42. The summed E-state index contributed by atoms with van der Waals surface area (Å²) in [5.41, 5.74) is 1.04. The largest absolute Gasteiger partial charge is 0.383 e. The van der Waals surface area contributed by atoms with Crippen molar-refractivity contribution in [2.24, 2.45) is 0 Å². The van der Waals surface area contributed by atoms with Crippen LogP contribution in [-0.2, 0) is 14.3 Å². The predicted molar refractivity (Wildman–Crippen MR) is 74.7 cm³/mol. The number of rotatable bonds is 4. The summed E-state index contributed by atoms with van der Waals surface area (Å²) in [6.07, 6.45) is 0.772. The van der Waals surface area contributed by atoms with Gasteiger partial charge >= 0.3 is 0 Å². The van der Waals surface area contributed by atoms with Crippen LogP contribution in [0.15, 0.2) is 28.7 Å². The molecular weight excluding hydrogens is 310 g/mol. The van der Waals surface area contributed by atoms with Gasteiger partial charge < -0.3 is 4.74 Å². The van der Waals surface area contributed by atoms with Crippen molar-refractivity contribution < 1.29 is 14.3 Å². The van der Waals surface area contributed by atoms with Gasteiger partial charge in [0.1, 0.15) is 0 Å². The highest BCUT2D eigenvalue weighted by molar-refractivity contribution is 9.10. The van der Waals surface area contributed by atoms with Crippen LogP contribution in [0.5, 0.6) is 0 Å². The van der Waals surface area contributed by atoms with Gasteiger partial charge in [0.2, 0.25) is 11.8 Å². The number of amides is 2. The summed E-state index contributed by atoms with van der Waals surface area (Å²) in [7, 11) is 1.56. The van der Waals surface area contributed by atoms with E-state index in [-0.39, 0.29) is 17.7 Å². The zero-order valence-electron chi connectivity index (χ0n) is 10.8. The van der Waals surface area contributed by atoms with Gasteiger partial charge in [0.25, 0.3) is 0 Å². The lowest BCUT2D eigenvalue weighted by atomic mass is 9.88. The van der Waals surface area contributed by atoms with Crippen molar-refractivity contribution in [2.75, 3.05) is 20.3 Å². The lowest BCUT2D eigenvalue weighted by Gasteiger charge is -2.30. The van der Waals surface area contributed by atoms with E-state index >= 15 is 0 Å². The highest BCUT2D eigenvalue weighted by Crippen LogP contribution is 2.30. The van der Waals surface area contributed by atoms with Gasteiger partial charge in [-0.15, -0.1) is 0 Å². The van der Waals surface area contributed by atoms with Crippen LogP contribution in [0.25, 0.3) is 0 Å². The minimum absolute atomic E-state index is 0.00750. The first kappa shape index (κ1) is 14.2. The quantitative estimate of drug-likeness (QED) is 0.798. The number of methoxy groups -OCH3 is 1. The molecule has 0 unspecified atom stereocenters. The molecule has 0 spiro atoms. The van der Waals surface area contributed by atoms with Gasteiger partial charge in [-0.2, -0.15) is 0 Å². The molecule has 0 atom stereocenters. The van der Waals surface area contributed by atoms with Crippen molar-refractivity contribution in [3.63, 3.8) is 0 Å². The second kappa shape index (κ2) is 6.30. The fraction of sp³-hybridized carbons (Fsp3) is 0.429. The number of benzene rings is 1. The lowest BCUT2D eigenvalue weighted by Crippen LogP contribution is -2.44. The molecule has 5 heteroatoms. The van der Waals surface area contributed by atoms with Crippen LogP contribution in [0.3, 0.4) is 0 Å². The molecule has 0 bridgehead atoms. The highest BCUT2D eigenvalue weighted by atomic mass is 79.9. The van der Waals surface area contributed by atoms with Gasteiger partial charge in [-0.05, 0) is 17.7 Å². The Balaban J connectivity index is 2.06. The SMILES string of the molecule is COCCN1C(=O)CC(c2ccc(Br)cc2)CC1=O. The summed E-state index contributed by atoms with van der Waals surface area (Å²) in [6.45, 7) is 0.738. The number of halogens is 1. The average molecular weight is 326 g/mol. The zero-order valence-corrected chi connectivity index (χ0v) is 12.4. The number of carbonyl (C=O) groups is 2. The summed E-state index contributed by atoms with van der Waals surface area (Å²) in [6, 6.07) is 7.78. The molecule has 1 heterocycles. The van der Waals surface area contributed by atoms with E-state index in [0.717, 1.165) is 10.0 Å². The van der Waals surface area contributed by atoms with E-state index in [4.69, 9.17) is 4.74 Å². The molecule has 102 valence electrons. The first-order valence-electron chi connectivity index (χ1n) is 6.19. The Hall–Kier alpha value is -1.20. The van der Waals surface area contributed by atoms with Crippen LogP contribution in [0.1, 0.15) is 24.3 Å². The van der Waals surface area contributed by atoms with Gasteiger partial charge in [0, 0.05) is 30.3 Å². The predicted octanol–water partition coefficient (Wildman–Crippen LogP) is 2.33. The molecule has 1 aliphatic rings. The summed E-state index contributed by atoms with van der Waals surface area (Å²) < 4.78 is 5.91. The molecule has 19 heavy (non-hydrogen) atoms. The monoisotopic (exact) mass is 325 g/mol. The number of likely N-dealkylation sites (tertiary alicyclic amines) is 1. The summed E-state index contributed by atoms with van der Waals surface area (Å²) in [5.74, 6) is -0.227. The minimum atomic E-state index is -0.110. The molecule has 2 amide bonds. The first-order chi connectivity index (χ1) is 9.11. The van der Waals surface area contributed by atoms with Crippen LogP contribution in [0, 0.1) is 0 Å². The Kier molecular flexibility index (Phi) is 4.71. The molecule has 1 aromatic carbocycles.